The number of carbonyl (C=O) groups is 1. The predicted molar refractivity (Wildman–Crippen MR) is 76.0 cm³/mol. The maximum absolute atomic E-state index is 11.6. The van der Waals surface area contributed by atoms with Gasteiger partial charge in [0.1, 0.15) is 0 Å². The lowest BCUT2D eigenvalue weighted by molar-refractivity contribution is 0.0602. The first-order valence-corrected chi connectivity index (χ1v) is 6.21. The van der Waals surface area contributed by atoms with Crippen LogP contribution < -0.4 is 10.6 Å². The Labute approximate surface area is 118 Å². The Balaban J connectivity index is 3.02. The Hall–Kier alpha value is -1.86. The summed E-state index contributed by atoms with van der Waals surface area (Å²) in [4.78, 5) is 17.8. The fourth-order valence-electron chi connectivity index (χ4n) is 1.73. The number of ether oxygens (including phenoxy) is 3. The van der Waals surface area contributed by atoms with Crippen molar-refractivity contribution in [2.75, 3.05) is 58.3 Å². The van der Waals surface area contributed by atoms with Crippen molar-refractivity contribution < 1.29 is 19.0 Å². The molecule has 7 nitrogen and oxygen atoms in total. The SMILES string of the molecule is COCCN(CCOC)c1nccc(C(=O)OC)c1N. The van der Waals surface area contributed by atoms with E-state index in [9.17, 15) is 4.79 Å². The van der Waals surface area contributed by atoms with Gasteiger partial charge in [-0.05, 0) is 6.07 Å². The van der Waals surface area contributed by atoms with Gasteiger partial charge < -0.3 is 24.8 Å². The van der Waals surface area contributed by atoms with Gasteiger partial charge in [0.25, 0.3) is 0 Å². The zero-order chi connectivity index (χ0) is 15.0. The van der Waals surface area contributed by atoms with E-state index in [1.54, 1.807) is 14.2 Å². The summed E-state index contributed by atoms with van der Waals surface area (Å²) in [6.45, 7) is 2.24. The maximum atomic E-state index is 11.6. The summed E-state index contributed by atoms with van der Waals surface area (Å²) in [5.41, 5.74) is 6.62. The number of hydrogen-bond donors (Lipinski definition) is 1. The Morgan fingerprint density at radius 2 is 1.85 bits per heavy atom. The molecule has 0 saturated carbocycles. The number of carbonyl (C=O) groups excluding carboxylic acids is 1. The first kappa shape index (κ1) is 16.2. The lowest BCUT2D eigenvalue weighted by Gasteiger charge is -2.24. The van der Waals surface area contributed by atoms with Crippen molar-refractivity contribution >= 4 is 17.5 Å². The lowest BCUT2D eigenvalue weighted by Crippen LogP contribution is -2.32. The Kier molecular flexibility index (Phi) is 6.75. The third-order valence-corrected chi connectivity index (χ3v) is 2.80. The van der Waals surface area contributed by atoms with Crippen LogP contribution >= 0.6 is 0 Å². The number of methoxy groups -OCH3 is 3. The number of rotatable bonds is 8. The third kappa shape index (κ3) is 4.07. The second-order valence-corrected chi connectivity index (χ2v) is 4.06. The molecule has 0 fully saturated rings. The third-order valence-electron chi connectivity index (χ3n) is 2.80. The van der Waals surface area contributed by atoms with Crippen molar-refractivity contribution in [1.29, 1.82) is 0 Å². The molecule has 0 aliphatic rings. The Bertz CT molecular complexity index is 432. The lowest BCUT2D eigenvalue weighted by atomic mass is 10.2. The summed E-state index contributed by atoms with van der Waals surface area (Å²) >= 11 is 0. The van der Waals surface area contributed by atoms with Gasteiger partial charge in [0.2, 0.25) is 0 Å². The van der Waals surface area contributed by atoms with E-state index >= 15 is 0 Å². The number of aromatic nitrogens is 1. The molecule has 0 unspecified atom stereocenters. The van der Waals surface area contributed by atoms with Gasteiger partial charge in [0.05, 0.1) is 31.6 Å². The van der Waals surface area contributed by atoms with Crippen molar-refractivity contribution in [3.8, 4) is 0 Å². The highest BCUT2D eigenvalue weighted by Gasteiger charge is 2.18. The summed E-state index contributed by atoms with van der Waals surface area (Å²) in [7, 11) is 4.56. The summed E-state index contributed by atoms with van der Waals surface area (Å²) in [5, 5.41) is 0. The average molecular weight is 283 g/mol. The molecule has 0 radical (unpaired) electrons. The molecule has 1 aromatic heterocycles. The van der Waals surface area contributed by atoms with Gasteiger partial charge in [0, 0.05) is 33.5 Å². The van der Waals surface area contributed by atoms with Crippen molar-refractivity contribution in [3.63, 3.8) is 0 Å². The molecule has 0 atom stereocenters. The van der Waals surface area contributed by atoms with E-state index in [1.165, 1.54) is 19.4 Å². The summed E-state index contributed by atoms with van der Waals surface area (Å²) in [5.74, 6) is 0.0478. The molecule has 0 aliphatic carbocycles. The van der Waals surface area contributed by atoms with Crippen LogP contribution in [-0.4, -0.2) is 58.6 Å². The molecule has 7 heteroatoms. The van der Waals surface area contributed by atoms with Gasteiger partial charge in [-0.2, -0.15) is 0 Å². The van der Waals surface area contributed by atoms with E-state index < -0.39 is 5.97 Å². The van der Waals surface area contributed by atoms with Crippen molar-refractivity contribution in [3.05, 3.63) is 17.8 Å². The number of anilines is 2. The first-order valence-electron chi connectivity index (χ1n) is 6.21. The van der Waals surface area contributed by atoms with Crippen LogP contribution in [0.1, 0.15) is 10.4 Å². The molecule has 0 aromatic carbocycles. The Morgan fingerprint density at radius 3 is 2.35 bits per heavy atom. The molecule has 2 N–H and O–H groups in total. The largest absolute Gasteiger partial charge is 0.465 e. The molecule has 0 saturated heterocycles. The molecular weight excluding hydrogens is 262 g/mol. The molecule has 0 aliphatic heterocycles. The van der Waals surface area contributed by atoms with E-state index in [-0.39, 0.29) is 0 Å². The van der Waals surface area contributed by atoms with Crippen LogP contribution in [0.5, 0.6) is 0 Å². The summed E-state index contributed by atoms with van der Waals surface area (Å²) in [6.07, 6.45) is 1.53. The monoisotopic (exact) mass is 283 g/mol. The highest BCUT2D eigenvalue weighted by molar-refractivity contribution is 5.97. The van der Waals surface area contributed by atoms with Crippen LogP contribution in [0.3, 0.4) is 0 Å². The maximum Gasteiger partial charge on any atom is 0.340 e. The van der Waals surface area contributed by atoms with Crippen LogP contribution in [-0.2, 0) is 14.2 Å². The standard InChI is InChI=1S/C13H21N3O4/c1-18-8-6-16(7-9-19-2)12-11(14)10(4-5-15-12)13(17)20-3/h4-5H,6-9,14H2,1-3H3. The van der Waals surface area contributed by atoms with Crippen LogP contribution in [0, 0.1) is 0 Å². The molecule has 1 rings (SSSR count). The smallest absolute Gasteiger partial charge is 0.340 e. The number of nitrogen functional groups attached to an aromatic ring is 1. The van der Waals surface area contributed by atoms with Crippen molar-refractivity contribution in [2.45, 2.75) is 0 Å². The number of nitrogens with two attached hydrogens (primary N) is 1. The normalized spacial score (nSPS) is 10.3. The Morgan fingerprint density at radius 1 is 1.25 bits per heavy atom. The van der Waals surface area contributed by atoms with Gasteiger partial charge in [-0.15, -0.1) is 0 Å². The summed E-state index contributed by atoms with van der Waals surface area (Å²) < 4.78 is 14.8. The van der Waals surface area contributed by atoms with E-state index in [4.69, 9.17) is 19.9 Å². The van der Waals surface area contributed by atoms with Crippen LogP contribution in [0.4, 0.5) is 11.5 Å². The van der Waals surface area contributed by atoms with Crippen LogP contribution in [0.25, 0.3) is 0 Å². The highest BCUT2D eigenvalue weighted by Crippen LogP contribution is 2.24. The minimum atomic E-state index is -0.482. The quantitative estimate of drug-likeness (QED) is 0.697. The second-order valence-electron chi connectivity index (χ2n) is 4.06. The molecule has 20 heavy (non-hydrogen) atoms. The van der Waals surface area contributed by atoms with E-state index in [1.807, 2.05) is 4.90 Å². The fraction of sp³-hybridized carbons (Fsp3) is 0.538. The van der Waals surface area contributed by atoms with Gasteiger partial charge >= 0.3 is 5.97 Å². The van der Waals surface area contributed by atoms with Crippen LogP contribution in [0.2, 0.25) is 0 Å². The zero-order valence-corrected chi connectivity index (χ0v) is 12.1. The number of hydrogen-bond acceptors (Lipinski definition) is 7. The minimum Gasteiger partial charge on any atom is -0.465 e. The predicted octanol–water partition coefficient (Wildman–Crippen LogP) is 0.550. The fourth-order valence-corrected chi connectivity index (χ4v) is 1.73. The van der Waals surface area contributed by atoms with E-state index in [0.29, 0.717) is 43.4 Å². The van der Waals surface area contributed by atoms with E-state index in [2.05, 4.69) is 4.98 Å². The van der Waals surface area contributed by atoms with Crippen molar-refractivity contribution in [2.24, 2.45) is 0 Å². The highest BCUT2D eigenvalue weighted by atomic mass is 16.5. The minimum absolute atomic E-state index is 0.298. The molecular formula is C13H21N3O4. The number of pyridine rings is 1. The topological polar surface area (TPSA) is 86.9 Å². The van der Waals surface area contributed by atoms with Crippen molar-refractivity contribution in [1.82, 2.24) is 4.98 Å². The first-order chi connectivity index (χ1) is 9.65. The molecule has 1 aromatic rings. The molecule has 0 spiro atoms. The average Bonchev–Trinajstić information content (AvgIpc) is 2.47. The summed E-state index contributed by atoms with van der Waals surface area (Å²) in [6, 6.07) is 1.54. The van der Waals surface area contributed by atoms with Gasteiger partial charge in [0.15, 0.2) is 5.82 Å². The van der Waals surface area contributed by atoms with Gasteiger partial charge in [-0.1, -0.05) is 0 Å². The van der Waals surface area contributed by atoms with Gasteiger partial charge in [-0.3, -0.25) is 0 Å². The number of esters is 1. The molecule has 1 heterocycles. The molecule has 112 valence electrons. The second kappa shape index (κ2) is 8.34. The zero-order valence-electron chi connectivity index (χ0n) is 12.1. The van der Waals surface area contributed by atoms with Gasteiger partial charge in [-0.25, -0.2) is 9.78 Å². The molecule has 0 amide bonds. The molecule has 0 bridgehead atoms. The van der Waals surface area contributed by atoms with E-state index in [0.717, 1.165) is 0 Å². The van der Waals surface area contributed by atoms with Crippen LogP contribution in [0.15, 0.2) is 12.3 Å². The number of nitrogens with zero attached hydrogens (tertiary/aromatic N) is 2.